The van der Waals surface area contributed by atoms with E-state index in [1.807, 2.05) is 0 Å². The number of nitrogens with two attached hydrogens (primary N) is 1. The van der Waals surface area contributed by atoms with Crippen LogP contribution in [0.15, 0.2) is 36.7 Å². The van der Waals surface area contributed by atoms with Crippen LogP contribution < -0.4 is 15.9 Å². The van der Waals surface area contributed by atoms with Gasteiger partial charge in [-0.05, 0) is 43.4 Å². The van der Waals surface area contributed by atoms with Gasteiger partial charge in [-0.2, -0.15) is 9.97 Å². The molecule has 0 amide bonds. The molecule has 214 valence electrons. The van der Waals surface area contributed by atoms with Crippen molar-refractivity contribution in [3.05, 3.63) is 36.7 Å². The van der Waals surface area contributed by atoms with E-state index in [9.17, 15) is 19.6 Å². The summed E-state index contributed by atoms with van der Waals surface area (Å²) in [4.78, 5) is 31.6. The lowest BCUT2D eigenvalue weighted by molar-refractivity contribution is -0.152. The number of nitrogens with zero attached hydrogens (tertiary/aromatic N) is 5. The van der Waals surface area contributed by atoms with Gasteiger partial charge in [-0.1, -0.05) is 18.2 Å². The molecule has 0 radical (unpaired) electrons. The molecule has 2 aliphatic rings. The lowest BCUT2D eigenvalue weighted by Gasteiger charge is -2.27. The number of para-hydroxylation sites is 1. The molecule has 5 rings (SSSR count). The number of ether oxygens (including phenoxy) is 2. The van der Waals surface area contributed by atoms with Gasteiger partial charge >= 0.3 is 14.1 Å². The number of nitrogen functional groups attached to an aromatic ring is 1. The van der Waals surface area contributed by atoms with Gasteiger partial charge in [0.15, 0.2) is 35.0 Å². The van der Waals surface area contributed by atoms with E-state index in [2.05, 4.69) is 20.3 Å². The Morgan fingerprint density at radius 2 is 2.08 bits per heavy atom. The highest BCUT2D eigenvalue weighted by atomic mass is 31.1. The number of benzene rings is 1. The SMILES string of the molecule is COC(=O)[C@@H](C)N(Oc1ccccc1)[P+](=O)OC[C@H]1O[C@@H](n2cnc3c(NC4CC4)nc(N)nc32)[C@](C)(O)[C@@H]1O. The predicted molar refractivity (Wildman–Crippen MR) is 141 cm³/mol. The maximum Gasteiger partial charge on any atom is 0.653 e. The Hall–Kier alpha value is -3.46. The van der Waals surface area contributed by atoms with Crippen molar-refractivity contribution in [1.82, 2.24) is 24.4 Å². The summed E-state index contributed by atoms with van der Waals surface area (Å²) in [5, 5.41) is 25.4. The maximum absolute atomic E-state index is 13.2. The van der Waals surface area contributed by atoms with Gasteiger partial charge in [-0.25, -0.2) is 4.98 Å². The number of aromatic nitrogens is 4. The van der Waals surface area contributed by atoms with Gasteiger partial charge in [0.1, 0.15) is 29.2 Å². The molecule has 1 aliphatic heterocycles. The van der Waals surface area contributed by atoms with E-state index in [4.69, 9.17) is 24.6 Å². The van der Waals surface area contributed by atoms with Crippen molar-refractivity contribution in [3.8, 4) is 5.75 Å². The van der Waals surface area contributed by atoms with Gasteiger partial charge in [-0.15, -0.1) is 4.52 Å². The third-order valence-electron chi connectivity index (χ3n) is 6.69. The minimum Gasteiger partial charge on any atom is -0.468 e. The summed E-state index contributed by atoms with van der Waals surface area (Å²) in [6, 6.07) is 7.60. The molecular formula is C24H31N7O8P+. The van der Waals surface area contributed by atoms with Crippen molar-refractivity contribution in [3.63, 3.8) is 0 Å². The average Bonchev–Trinajstić information content (AvgIpc) is 3.61. The molecule has 5 N–H and O–H groups in total. The number of anilines is 2. The van der Waals surface area contributed by atoms with E-state index < -0.39 is 50.8 Å². The first kappa shape index (κ1) is 28.1. The lowest BCUT2D eigenvalue weighted by Crippen LogP contribution is -2.44. The van der Waals surface area contributed by atoms with E-state index in [1.54, 1.807) is 30.3 Å². The van der Waals surface area contributed by atoms with E-state index in [1.165, 1.54) is 31.9 Å². The molecule has 1 aliphatic carbocycles. The third kappa shape index (κ3) is 5.57. The van der Waals surface area contributed by atoms with Crippen LogP contribution in [0.1, 0.15) is 32.9 Å². The number of hydrogen-bond acceptors (Lipinski definition) is 13. The van der Waals surface area contributed by atoms with Gasteiger partial charge in [0.2, 0.25) is 5.95 Å². The summed E-state index contributed by atoms with van der Waals surface area (Å²) in [6.45, 7) is 2.42. The van der Waals surface area contributed by atoms with Crippen molar-refractivity contribution in [1.29, 1.82) is 0 Å². The van der Waals surface area contributed by atoms with E-state index in [-0.39, 0.29) is 12.0 Å². The Balaban J connectivity index is 1.33. The Kier molecular flexibility index (Phi) is 7.86. The second kappa shape index (κ2) is 11.2. The molecule has 1 saturated heterocycles. The van der Waals surface area contributed by atoms with Crippen LogP contribution in [-0.4, -0.2) is 84.1 Å². The predicted octanol–water partition coefficient (Wildman–Crippen LogP) is 1.52. The number of fused-ring (bicyclic) bond motifs is 1. The zero-order chi connectivity index (χ0) is 28.6. The Labute approximate surface area is 230 Å². The fourth-order valence-corrected chi connectivity index (χ4v) is 5.23. The summed E-state index contributed by atoms with van der Waals surface area (Å²) >= 11 is 0. The number of imidazole rings is 1. The number of carbonyl (C=O) groups is 1. The Bertz CT molecular complexity index is 1390. The molecule has 15 nitrogen and oxygen atoms in total. The number of rotatable bonds is 11. The van der Waals surface area contributed by atoms with Gasteiger partial charge < -0.3 is 35.6 Å². The molecule has 6 atom stereocenters. The number of methoxy groups -OCH3 is 1. The smallest absolute Gasteiger partial charge is 0.468 e. The molecule has 3 aromatic rings. The molecule has 2 aromatic heterocycles. The number of hydroxylamine groups is 1. The standard InChI is InChI=1S/C24H31N7O8P/c1-13(21(33)36-3)31(39-15-7-5-4-6-8-15)40(35)37-11-16-18(32)24(2,34)22(38-16)30-12-26-17-19(27-14-9-10-14)28-23(25)29-20(17)30/h4-8,12-14,16,18,22,32,34H,9-11H2,1-3H3,(H3,25,27,28,29)/q+1/t13-,16-,18-,22-,24-/m1/s1. The van der Waals surface area contributed by atoms with Gasteiger partial charge in [-0.3, -0.25) is 9.36 Å². The molecule has 2 fully saturated rings. The van der Waals surface area contributed by atoms with E-state index in [0.717, 1.165) is 17.7 Å². The summed E-state index contributed by atoms with van der Waals surface area (Å²) in [6.07, 6.45) is -0.286. The van der Waals surface area contributed by atoms with E-state index >= 15 is 0 Å². The van der Waals surface area contributed by atoms with E-state index in [0.29, 0.717) is 22.7 Å². The molecule has 1 aromatic carbocycles. The zero-order valence-corrected chi connectivity index (χ0v) is 23.0. The topological polar surface area (TPSA) is 196 Å². The number of esters is 1. The monoisotopic (exact) mass is 576 g/mol. The first-order valence-electron chi connectivity index (χ1n) is 12.6. The molecule has 3 heterocycles. The molecule has 1 saturated carbocycles. The van der Waals surface area contributed by atoms with Crippen molar-refractivity contribution >= 4 is 37.1 Å². The Morgan fingerprint density at radius 1 is 1.35 bits per heavy atom. The number of aliphatic hydroxyl groups is 2. The summed E-state index contributed by atoms with van der Waals surface area (Å²) in [7, 11) is -1.59. The lowest BCUT2D eigenvalue weighted by atomic mass is 9.96. The fraction of sp³-hybridized carbons (Fsp3) is 0.500. The van der Waals surface area contributed by atoms with Gasteiger partial charge in [0, 0.05) is 6.04 Å². The normalized spacial score (nSPS) is 25.6. The molecule has 1 unspecified atom stereocenters. The van der Waals surface area contributed by atoms with Crippen molar-refractivity contribution in [2.75, 3.05) is 24.8 Å². The minimum atomic E-state index is -2.79. The molecule has 0 bridgehead atoms. The minimum absolute atomic E-state index is 0.00528. The second-order valence-electron chi connectivity index (χ2n) is 9.81. The van der Waals surface area contributed by atoms with Crippen LogP contribution in [0.4, 0.5) is 11.8 Å². The van der Waals surface area contributed by atoms with Crippen molar-refractivity contribution < 1.29 is 38.4 Å². The fourth-order valence-electron chi connectivity index (χ4n) is 4.30. The van der Waals surface area contributed by atoms with Crippen LogP contribution in [0.3, 0.4) is 0 Å². The first-order chi connectivity index (χ1) is 19.1. The van der Waals surface area contributed by atoms with Crippen LogP contribution in [0.25, 0.3) is 11.2 Å². The molecule has 0 spiro atoms. The zero-order valence-electron chi connectivity index (χ0n) is 22.1. The summed E-state index contributed by atoms with van der Waals surface area (Å²) in [5.41, 5.74) is 4.84. The average molecular weight is 577 g/mol. The number of nitrogens with one attached hydrogen (secondary N) is 1. The molecule has 16 heteroatoms. The summed E-state index contributed by atoms with van der Waals surface area (Å²) < 4.78 is 30.9. The van der Waals surface area contributed by atoms with Crippen LogP contribution in [-0.2, 0) is 23.4 Å². The first-order valence-corrected chi connectivity index (χ1v) is 13.8. The van der Waals surface area contributed by atoms with Crippen molar-refractivity contribution in [2.45, 2.75) is 62.8 Å². The number of aliphatic hydroxyl groups excluding tert-OH is 1. The van der Waals surface area contributed by atoms with Crippen LogP contribution in [0.2, 0.25) is 0 Å². The highest BCUT2D eigenvalue weighted by Gasteiger charge is 2.55. The van der Waals surface area contributed by atoms with Gasteiger partial charge in [0.05, 0.1) is 13.4 Å². The van der Waals surface area contributed by atoms with Crippen LogP contribution in [0.5, 0.6) is 5.75 Å². The summed E-state index contributed by atoms with van der Waals surface area (Å²) in [5.74, 6) is 0.0868. The number of carbonyl (C=O) groups excluding carboxylic acids is 1. The maximum atomic E-state index is 13.2. The largest absolute Gasteiger partial charge is 0.653 e. The van der Waals surface area contributed by atoms with Crippen LogP contribution in [0, 0.1) is 0 Å². The van der Waals surface area contributed by atoms with Crippen LogP contribution >= 0.6 is 8.18 Å². The Morgan fingerprint density at radius 3 is 2.75 bits per heavy atom. The number of hydrogen-bond donors (Lipinski definition) is 4. The molecule has 40 heavy (non-hydrogen) atoms. The second-order valence-corrected chi connectivity index (χ2v) is 10.9. The third-order valence-corrected chi connectivity index (χ3v) is 7.81. The molecular weight excluding hydrogens is 545 g/mol. The highest BCUT2D eigenvalue weighted by molar-refractivity contribution is 7.36. The highest BCUT2D eigenvalue weighted by Crippen LogP contribution is 2.42. The quantitative estimate of drug-likeness (QED) is 0.146. The van der Waals surface area contributed by atoms with Gasteiger partial charge in [0.25, 0.3) is 0 Å². The van der Waals surface area contributed by atoms with Crippen molar-refractivity contribution in [2.24, 2.45) is 0 Å².